The Hall–Kier alpha value is -1.39. The van der Waals surface area contributed by atoms with Crippen LogP contribution in [0.15, 0.2) is 30.3 Å². The fraction of sp³-hybridized carbons (Fsp3) is 0.533. The first-order chi connectivity index (χ1) is 9.33. The predicted molar refractivity (Wildman–Crippen MR) is 76.6 cm³/mol. The molecule has 0 aliphatic carbocycles. The van der Waals surface area contributed by atoms with Gasteiger partial charge in [0.25, 0.3) is 0 Å². The van der Waals surface area contributed by atoms with Crippen molar-refractivity contribution in [3.8, 4) is 0 Å². The number of benzene rings is 1. The van der Waals surface area contributed by atoms with Gasteiger partial charge in [-0.05, 0) is 31.5 Å². The molecule has 0 fully saturated rings. The molecule has 0 atom stereocenters. The minimum absolute atomic E-state index is 0.203. The van der Waals surface area contributed by atoms with Gasteiger partial charge in [0.1, 0.15) is 6.61 Å². The van der Waals surface area contributed by atoms with E-state index < -0.39 is 0 Å². The Bertz CT molecular complexity index is 341. The highest BCUT2D eigenvalue weighted by Crippen LogP contribution is 2.00. The zero-order valence-corrected chi connectivity index (χ0v) is 11.4. The molecule has 0 saturated carbocycles. The molecular formula is C15H24N2O2. The summed E-state index contributed by atoms with van der Waals surface area (Å²) in [5.74, 6) is -0.203. The summed E-state index contributed by atoms with van der Waals surface area (Å²) in [6.07, 6.45) is 4.48. The molecule has 1 rings (SSSR count). The second-order valence-corrected chi connectivity index (χ2v) is 4.53. The highest BCUT2D eigenvalue weighted by Gasteiger charge is 2.02. The number of carbonyl (C=O) groups is 1. The summed E-state index contributed by atoms with van der Waals surface area (Å²) in [4.78, 5) is 11.5. The maximum absolute atomic E-state index is 11.5. The lowest BCUT2D eigenvalue weighted by molar-refractivity contribution is -0.143. The fourth-order valence-corrected chi connectivity index (χ4v) is 1.73. The second kappa shape index (κ2) is 10.5. The van der Waals surface area contributed by atoms with Crippen molar-refractivity contribution in [1.29, 1.82) is 0 Å². The topological polar surface area (TPSA) is 64.3 Å². The minimum Gasteiger partial charge on any atom is -0.460 e. The molecular weight excluding hydrogens is 240 g/mol. The molecule has 19 heavy (non-hydrogen) atoms. The molecule has 0 unspecified atom stereocenters. The monoisotopic (exact) mass is 264 g/mol. The van der Waals surface area contributed by atoms with Crippen molar-refractivity contribution in [2.45, 2.75) is 32.3 Å². The van der Waals surface area contributed by atoms with Crippen LogP contribution in [0.1, 0.15) is 31.2 Å². The van der Waals surface area contributed by atoms with Gasteiger partial charge in [-0.1, -0.05) is 43.2 Å². The van der Waals surface area contributed by atoms with Crippen LogP contribution in [0.4, 0.5) is 0 Å². The molecule has 0 aliphatic heterocycles. The third kappa shape index (κ3) is 8.35. The van der Waals surface area contributed by atoms with E-state index in [4.69, 9.17) is 10.5 Å². The molecule has 0 heterocycles. The van der Waals surface area contributed by atoms with Crippen LogP contribution in [-0.2, 0) is 16.1 Å². The van der Waals surface area contributed by atoms with Crippen LogP contribution in [0.25, 0.3) is 0 Å². The average Bonchev–Trinajstić information content (AvgIpc) is 2.45. The van der Waals surface area contributed by atoms with E-state index in [1.54, 1.807) is 0 Å². The Morgan fingerprint density at radius 1 is 1.11 bits per heavy atom. The summed E-state index contributed by atoms with van der Waals surface area (Å²) in [6, 6.07) is 9.69. The van der Waals surface area contributed by atoms with Gasteiger partial charge >= 0.3 is 5.97 Å². The van der Waals surface area contributed by atoms with Gasteiger partial charge in [-0.3, -0.25) is 4.79 Å². The summed E-state index contributed by atoms with van der Waals surface area (Å²) in [5.41, 5.74) is 6.43. The summed E-state index contributed by atoms with van der Waals surface area (Å²) < 4.78 is 5.16. The Morgan fingerprint density at radius 3 is 2.58 bits per heavy atom. The fourth-order valence-electron chi connectivity index (χ4n) is 1.73. The van der Waals surface area contributed by atoms with E-state index in [2.05, 4.69) is 5.32 Å². The standard InChI is InChI=1S/C15H24N2O2/c16-10-6-1-2-7-11-17-12-15(18)19-13-14-8-4-3-5-9-14/h3-5,8-9,17H,1-2,6-7,10-13,16H2. The van der Waals surface area contributed by atoms with Crippen LogP contribution in [0.5, 0.6) is 0 Å². The zero-order valence-electron chi connectivity index (χ0n) is 11.4. The van der Waals surface area contributed by atoms with Crippen molar-refractivity contribution in [2.24, 2.45) is 5.73 Å². The smallest absolute Gasteiger partial charge is 0.320 e. The van der Waals surface area contributed by atoms with Crippen molar-refractivity contribution in [3.63, 3.8) is 0 Å². The molecule has 106 valence electrons. The summed E-state index contributed by atoms with van der Waals surface area (Å²) >= 11 is 0. The molecule has 0 amide bonds. The number of carbonyl (C=O) groups excluding carboxylic acids is 1. The zero-order chi connectivity index (χ0) is 13.8. The van der Waals surface area contributed by atoms with Gasteiger partial charge in [0.05, 0.1) is 6.54 Å². The third-order valence-corrected chi connectivity index (χ3v) is 2.82. The van der Waals surface area contributed by atoms with Crippen LogP contribution in [0, 0.1) is 0 Å². The highest BCUT2D eigenvalue weighted by atomic mass is 16.5. The van der Waals surface area contributed by atoms with Crippen molar-refractivity contribution >= 4 is 5.97 Å². The summed E-state index contributed by atoms with van der Waals surface area (Å²) in [6.45, 7) is 2.24. The molecule has 0 aliphatic rings. The SMILES string of the molecule is NCCCCCCNCC(=O)OCc1ccccc1. The van der Waals surface area contributed by atoms with Crippen LogP contribution in [-0.4, -0.2) is 25.6 Å². The van der Waals surface area contributed by atoms with Crippen molar-refractivity contribution < 1.29 is 9.53 Å². The lowest BCUT2D eigenvalue weighted by Gasteiger charge is -2.06. The van der Waals surface area contributed by atoms with E-state index in [9.17, 15) is 4.79 Å². The number of esters is 1. The number of rotatable bonds is 10. The van der Waals surface area contributed by atoms with E-state index in [0.29, 0.717) is 6.61 Å². The number of nitrogens with two attached hydrogens (primary N) is 1. The molecule has 0 bridgehead atoms. The number of nitrogens with one attached hydrogen (secondary N) is 1. The van der Waals surface area contributed by atoms with Gasteiger partial charge in [0.2, 0.25) is 0 Å². The lowest BCUT2D eigenvalue weighted by Crippen LogP contribution is -2.25. The van der Waals surface area contributed by atoms with E-state index in [1.165, 1.54) is 0 Å². The van der Waals surface area contributed by atoms with Gasteiger partial charge in [0, 0.05) is 0 Å². The largest absolute Gasteiger partial charge is 0.460 e. The molecule has 0 saturated heterocycles. The Balaban J connectivity index is 1.96. The van der Waals surface area contributed by atoms with Gasteiger partial charge in [0.15, 0.2) is 0 Å². The molecule has 1 aromatic rings. The van der Waals surface area contributed by atoms with Crippen LogP contribution < -0.4 is 11.1 Å². The van der Waals surface area contributed by atoms with Crippen LogP contribution >= 0.6 is 0 Å². The van der Waals surface area contributed by atoms with Gasteiger partial charge in [-0.2, -0.15) is 0 Å². The lowest BCUT2D eigenvalue weighted by atomic mass is 10.2. The number of hydrogen-bond acceptors (Lipinski definition) is 4. The predicted octanol–water partition coefficient (Wildman–Crippen LogP) is 1.84. The van der Waals surface area contributed by atoms with Crippen LogP contribution in [0.3, 0.4) is 0 Å². The van der Waals surface area contributed by atoms with Gasteiger partial charge in [-0.25, -0.2) is 0 Å². The molecule has 0 radical (unpaired) electrons. The van der Waals surface area contributed by atoms with Crippen LogP contribution in [0.2, 0.25) is 0 Å². The highest BCUT2D eigenvalue weighted by molar-refractivity contribution is 5.71. The quantitative estimate of drug-likeness (QED) is 0.500. The maximum atomic E-state index is 11.5. The number of ether oxygens (including phenoxy) is 1. The molecule has 4 heteroatoms. The maximum Gasteiger partial charge on any atom is 0.320 e. The van der Waals surface area contributed by atoms with Crippen molar-refractivity contribution in [3.05, 3.63) is 35.9 Å². The first-order valence-corrected chi connectivity index (χ1v) is 6.93. The van der Waals surface area contributed by atoms with Gasteiger partial charge in [-0.15, -0.1) is 0 Å². The van der Waals surface area contributed by atoms with E-state index >= 15 is 0 Å². The molecule has 4 nitrogen and oxygen atoms in total. The molecule has 3 N–H and O–H groups in total. The minimum atomic E-state index is -0.203. The van der Waals surface area contributed by atoms with E-state index in [-0.39, 0.29) is 12.5 Å². The third-order valence-electron chi connectivity index (χ3n) is 2.82. The second-order valence-electron chi connectivity index (χ2n) is 4.53. The first-order valence-electron chi connectivity index (χ1n) is 6.93. The number of unbranched alkanes of at least 4 members (excludes halogenated alkanes) is 3. The summed E-state index contributed by atoms with van der Waals surface area (Å²) in [7, 11) is 0. The van der Waals surface area contributed by atoms with Crippen molar-refractivity contribution in [1.82, 2.24) is 5.32 Å². The number of hydrogen-bond donors (Lipinski definition) is 2. The molecule has 1 aromatic carbocycles. The van der Waals surface area contributed by atoms with E-state index in [0.717, 1.165) is 44.3 Å². The van der Waals surface area contributed by atoms with Gasteiger partial charge < -0.3 is 15.8 Å². The van der Waals surface area contributed by atoms with Crippen molar-refractivity contribution in [2.75, 3.05) is 19.6 Å². The first kappa shape index (κ1) is 15.7. The Kier molecular flexibility index (Phi) is 8.68. The summed E-state index contributed by atoms with van der Waals surface area (Å²) in [5, 5.41) is 3.09. The molecule has 0 aromatic heterocycles. The Morgan fingerprint density at radius 2 is 1.84 bits per heavy atom. The Labute approximate surface area is 115 Å². The average molecular weight is 264 g/mol. The molecule has 0 spiro atoms. The normalized spacial score (nSPS) is 10.4. The van der Waals surface area contributed by atoms with E-state index in [1.807, 2.05) is 30.3 Å².